The minimum absolute atomic E-state index is 0.0461. The molecule has 0 aliphatic rings. The Balaban J connectivity index is 2.06. The number of anilines is 1. The molecule has 1 heterocycles. The van der Waals surface area contributed by atoms with Gasteiger partial charge in [0.05, 0.1) is 6.42 Å². The van der Waals surface area contributed by atoms with Gasteiger partial charge in [-0.2, -0.15) is 0 Å². The second kappa shape index (κ2) is 7.42. The van der Waals surface area contributed by atoms with E-state index in [1.54, 1.807) is 19.1 Å². The molecule has 0 saturated heterocycles. The molecule has 1 aromatic heterocycles. The fraction of sp³-hybridized carbons (Fsp3) is 0.316. The molecule has 5 nitrogen and oxygen atoms in total. The van der Waals surface area contributed by atoms with Gasteiger partial charge in [-0.15, -0.1) is 0 Å². The van der Waals surface area contributed by atoms with Crippen molar-refractivity contribution >= 4 is 17.5 Å². The minimum atomic E-state index is -0.382. The Hall–Kier alpha value is -2.76. The zero-order chi connectivity index (χ0) is 18.6. The van der Waals surface area contributed by atoms with Gasteiger partial charge in [0.2, 0.25) is 5.91 Å². The van der Waals surface area contributed by atoms with E-state index in [9.17, 15) is 14.0 Å². The summed E-state index contributed by atoms with van der Waals surface area (Å²) in [6.45, 7) is 7.39. The molecule has 2 rings (SSSR count). The van der Waals surface area contributed by atoms with Gasteiger partial charge in [-0.1, -0.05) is 6.07 Å². The number of hydrogen-bond acceptors (Lipinski definition) is 3. The first-order chi connectivity index (χ1) is 11.6. The Bertz CT molecular complexity index is 777. The molecule has 6 heteroatoms. The van der Waals surface area contributed by atoms with Gasteiger partial charge in [-0.3, -0.25) is 14.6 Å². The maximum atomic E-state index is 13.4. The number of pyridine rings is 1. The average molecular weight is 343 g/mol. The van der Waals surface area contributed by atoms with Gasteiger partial charge in [0, 0.05) is 17.4 Å². The zero-order valence-electron chi connectivity index (χ0n) is 14.8. The summed E-state index contributed by atoms with van der Waals surface area (Å²) < 4.78 is 13.4. The third kappa shape index (κ3) is 5.99. The number of aryl methyl sites for hydroxylation is 1. The van der Waals surface area contributed by atoms with Crippen molar-refractivity contribution in [3.05, 3.63) is 59.2 Å². The van der Waals surface area contributed by atoms with Gasteiger partial charge >= 0.3 is 0 Å². The highest BCUT2D eigenvalue weighted by atomic mass is 19.1. The van der Waals surface area contributed by atoms with Crippen molar-refractivity contribution in [1.29, 1.82) is 0 Å². The van der Waals surface area contributed by atoms with E-state index in [4.69, 9.17) is 0 Å². The van der Waals surface area contributed by atoms with Crippen molar-refractivity contribution in [3.63, 3.8) is 0 Å². The molecule has 0 aliphatic heterocycles. The number of nitrogens with one attached hydrogen (secondary N) is 2. The molecular weight excluding hydrogens is 321 g/mol. The van der Waals surface area contributed by atoms with E-state index >= 15 is 0 Å². The molecule has 0 spiro atoms. The lowest BCUT2D eigenvalue weighted by Gasteiger charge is -2.20. The minimum Gasteiger partial charge on any atom is -0.346 e. The highest BCUT2D eigenvalue weighted by molar-refractivity contribution is 5.96. The standard InChI is InChI=1S/C19H22FN3O2/c1-12-7-13(9-14(20)8-12)10-17(24)22-15-5-6-21-16(11-15)18(25)23-19(2,3)4/h5-9,11H,10H2,1-4H3,(H,23,25)(H,21,22,24). The molecule has 0 bridgehead atoms. The smallest absolute Gasteiger partial charge is 0.270 e. The van der Waals surface area contributed by atoms with Gasteiger partial charge in [0.1, 0.15) is 11.5 Å². The van der Waals surface area contributed by atoms with E-state index in [1.165, 1.54) is 24.4 Å². The summed E-state index contributed by atoms with van der Waals surface area (Å²) in [5.74, 6) is -0.976. The third-order valence-corrected chi connectivity index (χ3v) is 3.23. The summed E-state index contributed by atoms with van der Waals surface area (Å²) in [5, 5.41) is 5.52. The lowest BCUT2D eigenvalue weighted by molar-refractivity contribution is -0.115. The summed E-state index contributed by atoms with van der Waals surface area (Å²) in [5.41, 5.74) is 1.65. The van der Waals surface area contributed by atoms with Crippen molar-refractivity contribution in [2.24, 2.45) is 0 Å². The molecule has 2 aromatic rings. The molecule has 0 fully saturated rings. The quantitative estimate of drug-likeness (QED) is 0.895. The van der Waals surface area contributed by atoms with Crippen LogP contribution in [0.1, 0.15) is 42.4 Å². The number of carbonyl (C=O) groups is 2. The summed E-state index contributed by atoms with van der Waals surface area (Å²) in [4.78, 5) is 28.3. The van der Waals surface area contributed by atoms with E-state index in [1.807, 2.05) is 20.8 Å². The van der Waals surface area contributed by atoms with Crippen molar-refractivity contribution in [2.75, 3.05) is 5.32 Å². The van der Waals surface area contributed by atoms with Crippen LogP contribution < -0.4 is 10.6 Å². The number of rotatable bonds is 4. The van der Waals surface area contributed by atoms with Gasteiger partial charge < -0.3 is 10.6 Å². The number of aromatic nitrogens is 1. The second-order valence-corrected chi connectivity index (χ2v) is 7.00. The number of nitrogens with zero attached hydrogens (tertiary/aromatic N) is 1. The summed E-state index contributed by atoms with van der Waals surface area (Å²) in [7, 11) is 0. The average Bonchev–Trinajstić information content (AvgIpc) is 2.44. The molecule has 0 aliphatic carbocycles. The van der Waals surface area contributed by atoms with E-state index in [2.05, 4.69) is 15.6 Å². The normalized spacial score (nSPS) is 11.1. The number of hydrogen-bond donors (Lipinski definition) is 2. The Labute approximate surface area is 146 Å². The molecule has 1 aromatic carbocycles. The largest absolute Gasteiger partial charge is 0.346 e. The van der Waals surface area contributed by atoms with Crippen LogP contribution in [-0.2, 0) is 11.2 Å². The predicted octanol–water partition coefficient (Wildman–Crippen LogP) is 3.24. The first-order valence-electron chi connectivity index (χ1n) is 7.97. The Morgan fingerprint density at radius 3 is 2.52 bits per heavy atom. The third-order valence-electron chi connectivity index (χ3n) is 3.23. The van der Waals surface area contributed by atoms with E-state index in [0.717, 1.165) is 5.56 Å². The SMILES string of the molecule is Cc1cc(F)cc(CC(=O)Nc2ccnc(C(=O)NC(C)(C)C)c2)c1. The molecular formula is C19H22FN3O2. The van der Waals surface area contributed by atoms with Crippen LogP contribution in [0, 0.1) is 12.7 Å². The molecule has 2 N–H and O–H groups in total. The molecule has 0 saturated carbocycles. The molecule has 0 atom stereocenters. The maximum absolute atomic E-state index is 13.4. The van der Waals surface area contributed by atoms with Crippen LogP contribution in [-0.4, -0.2) is 22.3 Å². The predicted molar refractivity (Wildman–Crippen MR) is 94.9 cm³/mol. The number of carbonyl (C=O) groups excluding carboxylic acids is 2. The van der Waals surface area contributed by atoms with Crippen molar-refractivity contribution < 1.29 is 14.0 Å². The van der Waals surface area contributed by atoms with Crippen LogP contribution in [0.5, 0.6) is 0 Å². The molecule has 0 unspecified atom stereocenters. The van der Waals surface area contributed by atoms with Crippen LogP contribution in [0.25, 0.3) is 0 Å². The van der Waals surface area contributed by atoms with Crippen LogP contribution in [0.15, 0.2) is 36.5 Å². The zero-order valence-corrected chi connectivity index (χ0v) is 14.8. The van der Waals surface area contributed by atoms with Gasteiger partial charge in [0.25, 0.3) is 5.91 Å². The van der Waals surface area contributed by atoms with E-state index in [-0.39, 0.29) is 35.3 Å². The van der Waals surface area contributed by atoms with Crippen molar-refractivity contribution in [1.82, 2.24) is 10.3 Å². The van der Waals surface area contributed by atoms with E-state index < -0.39 is 0 Å². The number of halogens is 1. The van der Waals surface area contributed by atoms with E-state index in [0.29, 0.717) is 11.3 Å². The number of benzene rings is 1. The second-order valence-electron chi connectivity index (χ2n) is 7.00. The molecule has 0 radical (unpaired) electrons. The number of amides is 2. The highest BCUT2D eigenvalue weighted by Crippen LogP contribution is 2.12. The Morgan fingerprint density at radius 1 is 1.16 bits per heavy atom. The molecule has 2 amide bonds. The summed E-state index contributed by atoms with van der Waals surface area (Å²) in [6.07, 6.45) is 1.50. The van der Waals surface area contributed by atoms with Crippen LogP contribution in [0.4, 0.5) is 10.1 Å². The Kier molecular flexibility index (Phi) is 5.51. The molecule has 25 heavy (non-hydrogen) atoms. The van der Waals surface area contributed by atoms with Crippen molar-refractivity contribution in [3.8, 4) is 0 Å². The van der Waals surface area contributed by atoms with Gasteiger partial charge in [-0.25, -0.2) is 4.39 Å². The maximum Gasteiger partial charge on any atom is 0.270 e. The first-order valence-corrected chi connectivity index (χ1v) is 7.97. The summed E-state index contributed by atoms with van der Waals surface area (Å²) >= 11 is 0. The highest BCUT2D eigenvalue weighted by Gasteiger charge is 2.16. The van der Waals surface area contributed by atoms with Crippen LogP contribution in [0.2, 0.25) is 0 Å². The lowest BCUT2D eigenvalue weighted by atomic mass is 10.1. The lowest BCUT2D eigenvalue weighted by Crippen LogP contribution is -2.40. The monoisotopic (exact) mass is 343 g/mol. The van der Waals surface area contributed by atoms with Crippen LogP contribution in [0.3, 0.4) is 0 Å². The van der Waals surface area contributed by atoms with Crippen LogP contribution >= 0.6 is 0 Å². The fourth-order valence-corrected chi connectivity index (χ4v) is 2.34. The van der Waals surface area contributed by atoms with Crippen molar-refractivity contribution in [2.45, 2.75) is 39.7 Å². The van der Waals surface area contributed by atoms with Gasteiger partial charge in [0.15, 0.2) is 0 Å². The molecule has 132 valence electrons. The fourth-order valence-electron chi connectivity index (χ4n) is 2.34. The summed E-state index contributed by atoms with van der Waals surface area (Å²) in [6, 6.07) is 7.61. The first kappa shape index (κ1) is 18.6. The topological polar surface area (TPSA) is 71.1 Å². The Morgan fingerprint density at radius 2 is 1.88 bits per heavy atom. The van der Waals surface area contributed by atoms with Gasteiger partial charge in [-0.05, 0) is 63.1 Å².